The van der Waals surface area contributed by atoms with Gasteiger partial charge in [0.05, 0.1) is 12.6 Å². The van der Waals surface area contributed by atoms with E-state index in [1.807, 2.05) is 35.2 Å². The molecular weight excluding hydrogens is 202 g/mol. The number of carbonyl (C=O) groups excluding carboxylic acids is 1. The van der Waals surface area contributed by atoms with Gasteiger partial charge in [-0.15, -0.1) is 0 Å². The zero-order chi connectivity index (χ0) is 11.1. The molecular formula is C13H15NO2. The Hall–Kier alpha value is -1.35. The van der Waals surface area contributed by atoms with Gasteiger partial charge >= 0.3 is 0 Å². The Morgan fingerprint density at radius 3 is 2.81 bits per heavy atom. The lowest BCUT2D eigenvalue weighted by Crippen LogP contribution is -2.32. The van der Waals surface area contributed by atoms with Gasteiger partial charge < -0.3 is 9.64 Å². The van der Waals surface area contributed by atoms with Gasteiger partial charge in [0.2, 0.25) is 5.91 Å². The van der Waals surface area contributed by atoms with Crippen molar-refractivity contribution in [1.29, 1.82) is 0 Å². The second kappa shape index (κ2) is 3.59. The van der Waals surface area contributed by atoms with Crippen LogP contribution in [0.4, 0.5) is 0 Å². The van der Waals surface area contributed by atoms with Crippen LogP contribution in [0.25, 0.3) is 0 Å². The average molecular weight is 217 g/mol. The van der Waals surface area contributed by atoms with E-state index in [4.69, 9.17) is 4.74 Å². The van der Waals surface area contributed by atoms with Crippen LogP contribution in [0.3, 0.4) is 0 Å². The molecule has 2 saturated heterocycles. The number of rotatable bonds is 1. The van der Waals surface area contributed by atoms with Gasteiger partial charge in [-0.25, -0.2) is 0 Å². The van der Waals surface area contributed by atoms with Gasteiger partial charge in [0.1, 0.15) is 0 Å². The third kappa shape index (κ3) is 1.35. The molecule has 0 radical (unpaired) electrons. The third-order valence-electron chi connectivity index (χ3n) is 3.56. The molecule has 2 fully saturated rings. The molecule has 1 aromatic carbocycles. The highest BCUT2D eigenvalue weighted by molar-refractivity contribution is 5.80. The summed E-state index contributed by atoms with van der Waals surface area (Å²) < 4.78 is 5.75. The molecule has 0 aliphatic carbocycles. The smallest absolute Gasteiger partial charge is 0.225 e. The molecule has 0 aromatic heterocycles. The van der Waals surface area contributed by atoms with Crippen LogP contribution in [0.5, 0.6) is 0 Å². The number of carbonyl (C=O) groups is 1. The number of hydrogen-bond acceptors (Lipinski definition) is 2. The number of fused-ring (bicyclic) bond motifs is 1. The van der Waals surface area contributed by atoms with Crippen LogP contribution >= 0.6 is 0 Å². The lowest BCUT2D eigenvalue weighted by molar-refractivity contribution is -0.134. The molecule has 1 aromatic rings. The summed E-state index contributed by atoms with van der Waals surface area (Å²) in [6, 6.07) is 10.3. The van der Waals surface area contributed by atoms with Crippen LogP contribution in [0.15, 0.2) is 30.3 Å². The molecule has 0 unspecified atom stereocenters. The summed E-state index contributed by atoms with van der Waals surface area (Å²) in [5.74, 6) is 0.644. The fraction of sp³-hybridized carbons (Fsp3) is 0.462. The predicted octanol–water partition coefficient (Wildman–Crippen LogP) is 1.95. The highest BCUT2D eigenvalue weighted by Gasteiger charge is 2.46. The molecule has 3 nitrogen and oxygen atoms in total. The zero-order valence-corrected chi connectivity index (χ0v) is 9.30. The number of hydrogen-bond donors (Lipinski definition) is 0. The van der Waals surface area contributed by atoms with E-state index in [9.17, 15) is 4.79 Å². The molecule has 84 valence electrons. The monoisotopic (exact) mass is 217 g/mol. The maximum absolute atomic E-state index is 11.9. The summed E-state index contributed by atoms with van der Waals surface area (Å²) in [5.41, 5.74) is 1.08. The molecule has 2 aliphatic rings. The molecule has 2 aliphatic heterocycles. The van der Waals surface area contributed by atoms with Crippen molar-refractivity contribution in [3.8, 4) is 0 Å². The van der Waals surface area contributed by atoms with Crippen molar-refractivity contribution >= 4 is 5.91 Å². The lowest BCUT2D eigenvalue weighted by Gasteiger charge is -2.22. The van der Waals surface area contributed by atoms with Gasteiger partial charge in [0.15, 0.2) is 6.23 Å². The molecule has 0 bridgehead atoms. The molecule has 3 atom stereocenters. The maximum atomic E-state index is 11.9. The number of amides is 1. The van der Waals surface area contributed by atoms with Gasteiger partial charge in [-0.1, -0.05) is 37.3 Å². The van der Waals surface area contributed by atoms with Gasteiger partial charge in [-0.2, -0.15) is 0 Å². The van der Waals surface area contributed by atoms with E-state index in [1.54, 1.807) is 0 Å². The van der Waals surface area contributed by atoms with E-state index in [-0.39, 0.29) is 18.2 Å². The average Bonchev–Trinajstić information content (AvgIpc) is 2.84. The van der Waals surface area contributed by atoms with Crippen molar-refractivity contribution in [3.05, 3.63) is 35.9 Å². The van der Waals surface area contributed by atoms with Gasteiger partial charge in [-0.3, -0.25) is 4.79 Å². The van der Waals surface area contributed by atoms with Crippen LogP contribution in [-0.2, 0) is 9.53 Å². The first kappa shape index (κ1) is 9.85. The molecule has 2 heterocycles. The van der Waals surface area contributed by atoms with E-state index in [1.165, 1.54) is 0 Å². The Labute approximate surface area is 95.0 Å². The molecule has 16 heavy (non-hydrogen) atoms. The first-order valence-electron chi connectivity index (χ1n) is 5.75. The van der Waals surface area contributed by atoms with Crippen LogP contribution in [-0.4, -0.2) is 23.5 Å². The number of nitrogens with zero attached hydrogens (tertiary/aromatic N) is 1. The molecule has 0 saturated carbocycles. The Kier molecular flexibility index (Phi) is 2.21. The molecule has 0 N–H and O–H groups in total. The summed E-state index contributed by atoms with van der Waals surface area (Å²) in [4.78, 5) is 13.8. The second-order valence-electron chi connectivity index (χ2n) is 4.65. The first-order chi connectivity index (χ1) is 7.77. The van der Waals surface area contributed by atoms with E-state index in [0.29, 0.717) is 18.9 Å². The minimum absolute atomic E-state index is 0.163. The number of ether oxygens (including phenoxy) is 1. The Morgan fingerprint density at radius 2 is 2.06 bits per heavy atom. The van der Waals surface area contributed by atoms with Crippen LogP contribution in [0.2, 0.25) is 0 Å². The van der Waals surface area contributed by atoms with Gasteiger partial charge in [0.25, 0.3) is 0 Å². The summed E-state index contributed by atoms with van der Waals surface area (Å²) in [6.45, 7) is 2.80. The highest BCUT2D eigenvalue weighted by Crippen LogP contribution is 2.39. The maximum Gasteiger partial charge on any atom is 0.225 e. The fourth-order valence-electron chi connectivity index (χ4n) is 2.67. The van der Waals surface area contributed by atoms with Crippen LogP contribution in [0.1, 0.15) is 25.1 Å². The van der Waals surface area contributed by atoms with Crippen molar-refractivity contribution < 1.29 is 9.53 Å². The van der Waals surface area contributed by atoms with E-state index in [0.717, 1.165) is 5.56 Å². The topological polar surface area (TPSA) is 29.5 Å². The SMILES string of the molecule is C[C@H]1CC(=O)N2[C@@H](c3ccccc3)OC[C@H]12. The standard InChI is InChI=1S/C13H15NO2/c1-9-7-12(15)14-11(9)8-16-13(14)10-5-3-2-4-6-10/h2-6,9,11,13H,7-8H2,1H3/t9-,11+,13+/m0/s1. The first-order valence-corrected chi connectivity index (χ1v) is 5.75. The van der Waals surface area contributed by atoms with E-state index in [2.05, 4.69) is 6.92 Å². The Balaban J connectivity index is 1.92. The number of benzene rings is 1. The molecule has 3 rings (SSSR count). The van der Waals surface area contributed by atoms with Crippen molar-refractivity contribution in [1.82, 2.24) is 4.90 Å². The Bertz CT molecular complexity index is 404. The summed E-state index contributed by atoms with van der Waals surface area (Å²) in [7, 11) is 0. The minimum atomic E-state index is -0.163. The van der Waals surface area contributed by atoms with Crippen LogP contribution < -0.4 is 0 Å². The quantitative estimate of drug-likeness (QED) is 0.719. The largest absolute Gasteiger partial charge is 0.352 e. The van der Waals surface area contributed by atoms with E-state index >= 15 is 0 Å². The molecule has 3 heteroatoms. The van der Waals surface area contributed by atoms with Crippen molar-refractivity contribution in [2.75, 3.05) is 6.61 Å². The summed E-state index contributed by atoms with van der Waals surface area (Å²) in [5, 5.41) is 0. The van der Waals surface area contributed by atoms with Crippen molar-refractivity contribution in [2.24, 2.45) is 5.92 Å². The van der Waals surface area contributed by atoms with Crippen molar-refractivity contribution in [2.45, 2.75) is 25.6 Å². The lowest BCUT2D eigenvalue weighted by atomic mass is 10.0. The third-order valence-corrected chi connectivity index (χ3v) is 3.56. The normalized spacial score (nSPS) is 33.2. The van der Waals surface area contributed by atoms with Gasteiger partial charge in [0, 0.05) is 12.0 Å². The second-order valence-corrected chi connectivity index (χ2v) is 4.65. The van der Waals surface area contributed by atoms with E-state index < -0.39 is 0 Å². The summed E-state index contributed by atoms with van der Waals surface area (Å²) >= 11 is 0. The van der Waals surface area contributed by atoms with Crippen molar-refractivity contribution in [3.63, 3.8) is 0 Å². The van der Waals surface area contributed by atoms with Crippen LogP contribution in [0, 0.1) is 5.92 Å². The Morgan fingerprint density at radius 1 is 1.31 bits per heavy atom. The fourth-order valence-corrected chi connectivity index (χ4v) is 2.67. The molecule has 0 spiro atoms. The zero-order valence-electron chi connectivity index (χ0n) is 9.30. The minimum Gasteiger partial charge on any atom is -0.352 e. The molecule has 1 amide bonds. The van der Waals surface area contributed by atoms with Gasteiger partial charge in [-0.05, 0) is 5.92 Å². The highest BCUT2D eigenvalue weighted by atomic mass is 16.5. The summed E-state index contributed by atoms with van der Waals surface area (Å²) in [6.07, 6.45) is 0.501. The predicted molar refractivity (Wildman–Crippen MR) is 59.6 cm³/mol.